The molecule has 0 saturated carbocycles. The Balaban J connectivity index is 1.64. The summed E-state index contributed by atoms with van der Waals surface area (Å²) in [5, 5.41) is 11.7. The molecule has 154 valence electrons. The molecular weight excluding hydrogens is 419 g/mol. The third-order valence-electron chi connectivity index (χ3n) is 4.81. The minimum atomic E-state index is -3.95. The highest BCUT2D eigenvalue weighted by Crippen LogP contribution is 2.30. The van der Waals surface area contributed by atoms with Crippen LogP contribution in [0.4, 0.5) is 10.2 Å². The number of rotatable bonds is 5. The maximum absolute atomic E-state index is 13.2. The van der Waals surface area contributed by atoms with Crippen LogP contribution < -0.4 is 5.32 Å². The van der Waals surface area contributed by atoms with Gasteiger partial charge in [0.25, 0.3) is 0 Å². The normalized spacial score (nSPS) is 13.4. The lowest BCUT2D eigenvalue weighted by molar-refractivity contribution is 0.475. The summed E-state index contributed by atoms with van der Waals surface area (Å²) in [6.45, 7) is 0.376. The van der Waals surface area contributed by atoms with Crippen LogP contribution >= 0.6 is 0 Å². The molecule has 0 spiro atoms. The van der Waals surface area contributed by atoms with Crippen LogP contribution in [-0.4, -0.2) is 29.3 Å². The Hall–Kier alpha value is -3.76. The van der Waals surface area contributed by atoms with Crippen LogP contribution in [0.2, 0.25) is 0 Å². The Bertz CT molecular complexity index is 1440. The fourth-order valence-electron chi connectivity index (χ4n) is 3.27. The number of para-hydroxylation sites is 1. The molecule has 0 saturated heterocycles. The van der Waals surface area contributed by atoms with Gasteiger partial charge in [0.05, 0.1) is 5.52 Å². The van der Waals surface area contributed by atoms with Crippen molar-refractivity contribution < 1.29 is 13.2 Å². The number of benzene rings is 2. The van der Waals surface area contributed by atoms with Crippen LogP contribution in [0.5, 0.6) is 0 Å². The first-order chi connectivity index (χ1) is 15.0. The van der Waals surface area contributed by atoms with E-state index >= 15 is 0 Å². The van der Waals surface area contributed by atoms with Gasteiger partial charge in [0.2, 0.25) is 5.65 Å². The van der Waals surface area contributed by atoms with E-state index in [9.17, 15) is 13.2 Å². The first-order valence-electron chi connectivity index (χ1n) is 9.31. The Morgan fingerprint density at radius 2 is 1.77 bits per heavy atom. The van der Waals surface area contributed by atoms with Crippen molar-refractivity contribution in [2.24, 2.45) is 0 Å². The lowest BCUT2D eigenvalue weighted by Gasteiger charge is -2.12. The molecule has 1 N–H and O–H groups in total. The predicted molar refractivity (Wildman–Crippen MR) is 112 cm³/mol. The standard InChI is InChI=1S/C21H15FN6O2S/c22-15-7-5-14(6-8-15)13-24-19-17-3-1-2-4-18(17)28-20(25-19)21(26-27-28)31(29,30)16-9-11-23-12-10-16/h1-12H,13H2,(H-,24,25,29,30). The molecule has 8 nitrogen and oxygen atoms in total. The molecule has 0 amide bonds. The molecule has 0 aliphatic rings. The topological polar surface area (TPSA) is 108 Å². The summed E-state index contributed by atoms with van der Waals surface area (Å²) in [7, 11) is -3.95. The highest BCUT2D eigenvalue weighted by atomic mass is 32.3. The first kappa shape index (κ1) is 19.2. The Labute approximate surface area is 177 Å². The molecule has 3 aromatic heterocycles. The molecule has 0 radical (unpaired) electrons. The van der Waals surface area contributed by atoms with Gasteiger partial charge in [-0.2, -0.15) is 4.52 Å². The van der Waals surface area contributed by atoms with Crippen LogP contribution in [-0.2, 0) is 21.0 Å². The Morgan fingerprint density at radius 1 is 1.03 bits per heavy atom. The smallest absolute Gasteiger partial charge is 0.317 e. The van der Waals surface area contributed by atoms with Gasteiger partial charge in [0.15, 0.2) is 4.90 Å². The number of nitrogens with one attached hydrogen (secondary N) is 1. The molecule has 10 heteroatoms. The van der Waals surface area contributed by atoms with Gasteiger partial charge in [-0.25, -0.2) is 9.37 Å². The van der Waals surface area contributed by atoms with Crippen molar-refractivity contribution in [2.75, 3.05) is 5.32 Å². The quantitative estimate of drug-likeness (QED) is 0.422. The third-order valence-corrected chi connectivity index (χ3v) is 6.48. The second-order valence-electron chi connectivity index (χ2n) is 6.77. The summed E-state index contributed by atoms with van der Waals surface area (Å²) in [5.74, 6) is 0.158. The maximum Gasteiger partial charge on any atom is 0.317 e. The van der Waals surface area contributed by atoms with Gasteiger partial charge in [-0.3, -0.25) is 4.98 Å². The van der Waals surface area contributed by atoms with Crippen LogP contribution in [0, 0.1) is 5.82 Å². The van der Waals surface area contributed by atoms with E-state index in [-0.39, 0.29) is 21.4 Å². The van der Waals surface area contributed by atoms with E-state index in [1.165, 1.54) is 41.2 Å². The minimum absolute atomic E-state index is 0.0562. The third kappa shape index (κ3) is 3.41. The SMILES string of the molecule is O=[S+]([O-])(c1ccncc1)c1nnn2c1nc(NCc1ccc(F)cc1)c1ccccc12. The summed E-state index contributed by atoms with van der Waals surface area (Å²) in [6.07, 6.45) is 2.80. The fourth-order valence-corrected chi connectivity index (χ4v) is 4.49. The number of anilines is 1. The molecule has 31 heavy (non-hydrogen) atoms. The number of halogens is 1. The van der Waals surface area contributed by atoms with E-state index in [1.807, 2.05) is 24.3 Å². The number of nitrogens with zero attached hydrogens (tertiary/aromatic N) is 5. The van der Waals surface area contributed by atoms with Crippen LogP contribution in [0.15, 0.2) is 83.0 Å². The van der Waals surface area contributed by atoms with Crippen molar-refractivity contribution in [1.82, 2.24) is 24.8 Å². The Kier molecular flexibility index (Phi) is 4.64. The fraction of sp³-hybridized carbons (Fsp3) is 0.0476. The van der Waals surface area contributed by atoms with E-state index in [0.717, 1.165) is 10.9 Å². The molecule has 2 aromatic carbocycles. The molecule has 1 unspecified atom stereocenters. The molecule has 0 aliphatic carbocycles. The molecule has 0 bridgehead atoms. The predicted octanol–water partition coefficient (Wildman–Crippen LogP) is 3.47. The van der Waals surface area contributed by atoms with Crippen molar-refractivity contribution in [3.05, 3.63) is 84.4 Å². The molecule has 5 rings (SSSR count). The minimum Gasteiger partial charge on any atom is -0.604 e. The maximum atomic E-state index is 13.2. The second kappa shape index (κ2) is 7.49. The van der Waals surface area contributed by atoms with Crippen LogP contribution in [0.25, 0.3) is 16.6 Å². The van der Waals surface area contributed by atoms with Gasteiger partial charge in [0, 0.05) is 36.5 Å². The molecule has 3 heterocycles. The number of pyridine rings is 1. The van der Waals surface area contributed by atoms with E-state index in [1.54, 1.807) is 12.1 Å². The van der Waals surface area contributed by atoms with E-state index in [0.29, 0.717) is 17.9 Å². The van der Waals surface area contributed by atoms with Gasteiger partial charge < -0.3 is 9.87 Å². The van der Waals surface area contributed by atoms with E-state index in [4.69, 9.17) is 0 Å². The van der Waals surface area contributed by atoms with Crippen molar-refractivity contribution in [1.29, 1.82) is 0 Å². The van der Waals surface area contributed by atoms with Gasteiger partial charge in [-0.05, 0) is 29.8 Å². The monoisotopic (exact) mass is 434 g/mol. The number of aromatic nitrogens is 5. The number of sulfone groups is 1. The van der Waals surface area contributed by atoms with Gasteiger partial charge >= 0.3 is 5.03 Å². The van der Waals surface area contributed by atoms with E-state index < -0.39 is 10.2 Å². The average molecular weight is 434 g/mol. The molecule has 0 fully saturated rings. The summed E-state index contributed by atoms with van der Waals surface area (Å²) in [4.78, 5) is 8.46. The summed E-state index contributed by atoms with van der Waals surface area (Å²) in [5.41, 5.74) is 1.61. The summed E-state index contributed by atoms with van der Waals surface area (Å²) >= 11 is 0. The molecule has 0 aliphatic heterocycles. The van der Waals surface area contributed by atoms with Gasteiger partial charge in [0.1, 0.15) is 21.8 Å². The summed E-state index contributed by atoms with van der Waals surface area (Å²) < 4.78 is 40.8. The first-order valence-corrected chi connectivity index (χ1v) is 10.8. The number of fused-ring (bicyclic) bond motifs is 3. The number of hydrogen-bond donors (Lipinski definition) is 1. The van der Waals surface area contributed by atoms with Crippen LogP contribution in [0.1, 0.15) is 5.56 Å². The van der Waals surface area contributed by atoms with Gasteiger partial charge in [-0.15, -0.1) is 0 Å². The summed E-state index contributed by atoms with van der Waals surface area (Å²) in [6, 6.07) is 16.2. The van der Waals surface area contributed by atoms with Crippen molar-refractivity contribution in [3.8, 4) is 0 Å². The zero-order chi connectivity index (χ0) is 21.4. The largest absolute Gasteiger partial charge is 0.604 e. The molecule has 5 aromatic rings. The van der Waals surface area contributed by atoms with Crippen molar-refractivity contribution in [3.63, 3.8) is 0 Å². The van der Waals surface area contributed by atoms with Crippen molar-refractivity contribution in [2.45, 2.75) is 16.5 Å². The molecular formula is C21H15FN6O2S. The lowest BCUT2D eigenvalue weighted by atomic mass is 10.2. The van der Waals surface area contributed by atoms with Crippen LogP contribution in [0.3, 0.4) is 0 Å². The second-order valence-corrected chi connectivity index (χ2v) is 8.64. The highest BCUT2D eigenvalue weighted by molar-refractivity contribution is 7.97. The zero-order valence-corrected chi connectivity index (χ0v) is 16.8. The van der Waals surface area contributed by atoms with Gasteiger partial charge in [-0.1, -0.05) is 38.8 Å². The lowest BCUT2D eigenvalue weighted by Crippen LogP contribution is -2.13. The number of hydrogen-bond acceptors (Lipinski definition) is 7. The van der Waals surface area contributed by atoms with Crippen molar-refractivity contribution >= 4 is 32.6 Å². The highest BCUT2D eigenvalue weighted by Gasteiger charge is 2.32. The molecule has 1 atom stereocenters. The van der Waals surface area contributed by atoms with E-state index in [2.05, 4.69) is 25.6 Å². The zero-order valence-electron chi connectivity index (χ0n) is 16.0. The Morgan fingerprint density at radius 3 is 2.55 bits per heavy atom. The average Bonchev–Trinajstić information content (AvgIpc) is 3.24.